The average molecular weight is 306 g/mol. The fraction of sp³-hybridized carbons (Fsp3) is 0.357. The highest BCUT2D eigenvalue weighted by Crippen LogP contribution is 2.23. The molecule has 7 heteroatoms. The van der Waals surface area contributed by atoms with Crippen molar-refractivity contribution in [2.24, 2.45) is 0 Å². The SMILES string of the molecule is O=c1ccc([N+](=O)[O-])cn1C[NH+]1CCC[C@@H]1c1cccs1. The Morgan fingerprint density at radius 2 is 2.29 bits per heavy atom. The second-order valence-electron chi connectivity index (χ2n) is 5.23. The minimum atomic E-state index is -0.466. The molecule has 2 aromatic rings. The topological polar surface area (TPSA) is 69.6 Å². The van der Waals surface area contributed by atoms with Crippen LogP contribution in [0.25, 0.3) is 0 Å². The molecule has 0 bridgehead atoms. The number of hydrogen-bond acceptors (Lipinski definition) is 4. The van der Waals surface area contributed by atoms with Crippen molar-refractivity contribution in [3.8, 4) is 0 Å². The molecule has 3 heterocycles. The van der Waals surface area contributed by atoms with Crippen LogP contribution in [0.5, 0.6) is 0 Å². The highest BCUT2D eigenvalue weighted by molar-refractivity contribution is 7.10. The zero-order valence-corrected chi connectivity index (χ0v) is 12.2. The van der Waals surface area contributed by atoms with Gasteiger partial charge in [0.1, 0.15) is 6.04 Å². The smallest absolute Gasteiger partial charge is 0.285 e. The van der Waals surface area contributed by atoms with Crippen LogP contribution in [-0.2, 0) is 6.67 Å². The van der Waals surface area contributed by atoms with Crippen LogP contribution < -0.4 is 10.5 Å². The standard InChI is InChI=1S/C14H15N3O3S/c18-14-6-5-11(17(19)20)9-16(14)10-15-7-1-3-12(15)13-4-2-8-21-13/h2,4-6,8-9,12H,1,3,7,10H2/p+1/t12-/m1/s1. The van der Waals surface area contributed by atoms with Gasteiger partial charge in [-0.2, -0.15) is 0 Å². The van der Waals surface area contributed by atoms with Gasteiger partial charge < -0.3 is 4.90 Å². The number of nitro groups is 1. The Labute approximate surface area is 125 Å². The highest BCUT2D eigenvalue weighted by Gasteiger charge is 2.31. The van der Waals surface area contributed by atoms with Gasteiger partial charge in [-0.1, -0.05) is 6.07 Å². The molecule has 1 unspecified atom stereocenters. The second kappa shape index (κ2) is 5.79. The molecule has 110 valence electrons. The summed E-state index contributed by atoms with van der Waals surface area (Å²) < 4.78 is 1.46. The third kappa shape index (κ3) is 2.88. The van der Waals surface area contributed by atoms with E-state index in [-0.39, 0.29) is 11.2 Å². The van der Waals surface area contributed by atoms with Crippen molar-refractivity contribution in [2.45, 2.75) is 25.6 Å². The van der Waals surface area contributed by atoms with E-state index in [1.165, 1.54) is 32.7 Å². The van der Waals surface area contributed by atoms with E-state index in [0.717, 1.165) is 19.4 Å². The zero-order chi connectivity index (χ0) is 14.8. The Bertz CT molecular complexity index is 696. The Morgan fingerprint density at radius 1 is 1.43 bits per heavy atom. The number of likely N-dealkylation sites (tertiary alicyclic amines) is 1. The number of aromatic nitrogens is 1. The van der Waals surface area contributed by atoms with Gasteiger partial charge in [-0.15, -0.1) is 11.3 Å². The normalized spacial score (nSPS) is 21.5. The lowest BCUT2D eigenvalue weighted by Crippen LogP contribution is -3.09. The van der Waals surface area contributed by atoms with Crippen molar-refractivity contribution in [1.29, 1.82) is 0 Å². The molecular weight excluding hydrogens is 290 g/mol. The first-order chi connectivity index (χ1) is 10.1. The maximum atomic E-state index is 11.9. The highest BCUT2D eigenvalue weighted by atomic mass is 32.1. The van der Waals surface area contributed by atoms with Gasteiger partial charge >= 0.3 is 0 Å². The van der Waals surface area contributed by atoms with Crippen LogP contribution in [0, 0.1) is 10.1 Å². The van der Waals surface area contributed by atoms with Crippen molar-refractivity contribution in [3.05, 3.63) is 61.2 Å². The van der Waals surface area contributed by atoms with E-state index < -0.39 is 4.92 Å². The summed E-state index contributed by atoms with van der Waals surface area (Å²) in [6.45, 7) is 1.46. The summed E-state index contributed by atoms with van der Waals surface area (Å²) >= 11 is 1.73. The van der Waals surface area contributed by atoms with Gasteiger partial charge in [0.05, 0.1) is 22.5 Å². The van der Waals surface area contributed by atoms with Crippen molar-refractivity contribution in [1.82, 2.24) is 4.57 Å². The summed E-state index contributed by atoms with van der Waals surface area (Å²) in [7, 11) is 0. The van der Waals surface area contributed by atoms with Crippen molar-refractivity contribution >= 4 is 17.0 Å². The van der Waals surface area contributed by atoms with Gasteiger partial charge in [-0.25, -0.2) is 0 Å². The number of hydrogen-bond donors (Lipinski definition) is 1. The molecule has 0 saturated carbocycles. The lowest BCUT2D eigenvalue weighted by molar-refractivity contribution is -0.940. The molecule has 0 spiro atoms. The van der Waals surface area contributed by atoms with Crippen molar-refractivity contribution in [3.63, 3.8) is 0 Å². The molecule has 21 heavy (non-hydrogen) atoms. The van der Waals surface area contributed by atoms with E-state index >= 15 is 0 Å². The van der Waals surface area contributed by atoms with Crippen LogP contribution in [-0.4, -0.2) is 16.0 Å². The quantitative estimate of drug-likeness (QED) is 0.681. The van der Waals surface area contributed by atoms with Crippen LogP contribution in [0.4, 0.5) is 5.69 Å². The Morgan fingerprint density at radius 3 is 3.00 bits per heavy atom. The Hall–Kier alpha value is -1.99. The first kappa shape index (κ1) is 14.0. The molecule has 1 aliphatic rings. The van der Waals surface area contributed by atoms with E-state index in [0.29, 0.717) is 12.7 Å². The number of quaternary nitrogens is 1. The molecule has 0 aliphatic carbocycles. The van der Waals surface area contributed by atoms with Gasteiger partial charge in [0, 0.05) is 25.0 Å². The minimum Gasteiger partial charge on any atom is -0.311 e. The van der Waals surface area contributed by atoms with Gasteiger partial charge in [0.2, 0.25) is 0 Å². The molecule has 2 atom stereocenters. The molecule has 6 nitrogen and oxygen atoms in total. The summed E-state index contributed by atoms with van der Waals surface area (Å²) in [5, 5.41) is 12.9. The summed E-state index contributed by atoms with van der Waals surface area (Å²) in [4.78, 5) is 24.9. The first-order valence-corrected chi connectivity index (χ1v) is 7.76. The predicted molar refractivity (Wildman–Crippen MR) is 79.5 cm³/mol. The fourth-order valence-corrected chi connectivity index (χ4v) is 3.82. The predicted octanol–water partition coefficient (Wildman–Crippen LogP) is 1.20. The molecule has 0 amide bonds. The minimum absolute atomic E-state index is 0.0409. The average Bonchev–Trinajstić information content (AvgIpc) is 3.11. The van der Waals surface area contributed by atoms with Crippen LogP contribution in [0.1, 0.15) is 23.8 Å². The lowest BCUT2D eigenvalue weighted by atomic mass is 10.2. The number of nitrogens with one attached hydrogen (secondary N) is 1. The van der Waals surface area contributed by atoms with Crippen molar-refractivity contribution in [2.75, 3.05) is 6.54 Å². The Kier molecular flexibility index (Phi) is 3.85. The number of thiophene rings is 1. The van der Waals surface area contributed by atoms with Gasteiger partial charge in [0.15, 0.2) is 6.67 Å². The van der Waals surface area contributed by atoms with Crippen molar-refractivity contribution < 1.29 is 9.82 Å². The van der Waals surface area contributed by atoms with E-state index in [4.69, 9.17) is 0 Å². The molecule has 0 radical (unpaired) electrons. The number of nitrogens with zero attached hydrogens (tertiary/aromatic N) is 2. The number of pyridine rings is 1. The third-order valence-electron chi connectivity index (χ3n) is 3.92. The summed E-state index contributed by atoms with van der Waals surface area (Å²) in [6.07, 6.45) is 3.56. The molecule has 1 fully saturated rings. The van der Waals surface area contributed by atoms with Crippen LogP contribution in [0.2, 0.25) is 0 Å². The van der Waals surface area contributed by atoms with Gasteiger partial charge in [-0.3, -0.25) is 19.5 Å². The maximum absolute atomic E-state index is 11.9. The molecule has 2 aromatic heterocycles. The van der Waals surface area contributed by atoms with E-state index in [2.05, 4.69) is 11.4 Å². The van der Waals surface area contributed by atoms with Crippen LogP contribution in [0.15, 0.2) is 40.6 Å². The van der Waals surface area contributed by atoms with E-state index in [1.807, 2.05) is 6.07 Å². The summed E-state index contributed by atoms with van der Waals surface area (Å²) in [5.41, 5.74) is -0.231. The molecule has 1 saturated heterocycles. The third-order valence-corrected chi connectivity index (χ3v) is 4.91. The maximum Gasteiger partial charge on any atom is 0.285 e. The lowest BCUT2D eigenvalue weighted by Gasteiger charge is -2.21. The van der Waals surface area contributed by atoms with Crippen LogP contribution in [0.3, 0.4) is 0 Å². The second-order valence-corrected chi connectivity index (χ2v) is 6.21. The molecule has 1 aliphatic heterocycles. The summed E-state index contributed by atoms with van der Waals surface area (Å²) in [6, 6.07) is 7.07. The summed E-state index contributed by atoms with van der Waals surface area (Å²) in [5.74, 6) is 0. The molecule has 0 aromatic carbocycles. The Balaban J connectivity index is 1.84. The number of rotatable bonds is 4. The largest absolute Gasteiger partial charge is 0.311 e. The van der Waals surface area contributed by atoms with Crippen LogP contribution >= 0.6 is 11.3 Å². The van der Waals surface area contributed by atoms with Gasteiger partial charge in [0.25, 0.3) is 11.2 Å². The zero-order valence-electron chi connectivity index (χ0n) is 11.4. The monoisotopic (exact) mass is 306 g/mol. The molecule has 3 rings (SSSR count). The fourth-order valence-electron chi connectivity index (χ4n) is 2.90. The first-order valence-electron chi connectivity index (χ1n) is 6.88. The van der Waals surface area contributed by atoms with E-state index in [1.54, 1.807) is 11.3 Å². The van der Waals surface area contributed by atoms with Gasteiger partial charge in [-0.05, 0) is 11.4 Å². The van der Waals surface area contributed by atoms with E-state index in [9.17, 15) is 14.9 Å². The molecular formula is C14H16N3O3S+. The molecule has 1 N–H and O–H groups in total.